The molecular weight excluding hydrogens is 825 g/mol. The van der Waals surface area contributed by atoms with Crippen LogP contribution in [-0.2, 0) is 22.7 Å². The van der Waals surface area contributed by atoms with E-state index in [4.69, 9.17) is 24.4 Å². The monoisotopic (exact) mass is 880 g/mol. The maximum Gasteiger partial charge on any atom is 0.266 e. The summed E-state index contributed by atoms with van der Waals surface area (Å²) in [5.41, 5.74) is 5.59. The van der Waals surface area contributed by atoms with Crippen LogP contribution in [0.25, 0.3) is 45.4 Å². The highest BCUT2D eigenvalue weighted by Gasteiger charge is 2.31. The van der Waals surface area contributed by atoms with E-state index < -0.39 is 0 Å². The van der Waals surface area contributed by atoms with Crippen LogP contribution in [0.15, 0.2) is 80.1 Å². The maximum atomic E-state index is 14.7. The third kappa shape index (κ3) is 10.5. The van der Waals surface area contributed by atoms with Crippen molar-refractivity contribution < 1.29 is 9.59 Å². The summed E-state index contributed by atoms with van der Waals surface area (Å²) >= 11 is 13.4. The van der Waals surface area contributed by atoms with E-state index >= 15 is 0 Å². The van der Waals surface area contributed by atoms with E-state index in [0.717, 1.165) is 71.8 Å². The normalized spacial score (nSPS) is 15.9. The molecular formula is C48H56N4O4S4. The maximum absolute atomic E-state index is 14.7. The smallest absolute Gasteiger partial charge is 0.266 e. The fourth-order valence-corrected chi connectivity index (χ4v) is 10.6. The van der Waals surface area contributed by atoms with Gasteiger partial charge in [-0.3, -0.25) is 29.0 Å². The Hall–Kier alpha value is -4.10. The topological polar surface area (TPSA) is 84.6 Å². The molecule has 2 amide bonds. The number of benzene rings is 2. The van der Waals surface area contributed by atoms with Gasteiger partial charge in [0.2, 0.25) is 0 Å². The van der Waals surface area contributed by atoms with E-state index in [1.54, 1.807) is 9.80 Å². The Morgan fingerprint density at radius 2 is 0.850 bits per heavy atom. The standard InChI is InChI=1S/C48H56N4O4S4/c1-5-9-11-13-15-17-27-51-39-31-38(36-25-21-34(22-26-36)30-42-46(56)50(8-4)48(58)60-42)44(54)52(28-18-16-14-12-10-6-2)40(39)32-37(43(51)53)35-23-19-33(20-24-35)29-41-45(55)49(7-3)47(57)59-41/h19-26,29-32H,5-18,27-28H2,1-4H3/b41-29-,42-30-. The summed E-state index contributed by atoms with van der Waals surface area (Å²) in [7, 11) is 0. The van der Waals surface area contributed by atoms with Crippen molar-refractivity contribution in [1.82, 2.24) is 18.9 Å². The van der Waals surface area contributed by atoms with Gasteiger partial charge in [0.25, 0.3) is 22.9 Å². The largest absolute Gasteiger partial charge is 0.306 e. The van der Waals surface area contributed by atoms with Gasteiger partial charge in [-0.05, 0) is 73.2 Å². The Bertz CT molecular complexity index is 2250. The molecule has 2 aliphatic heterocycles. The fourth-order valence-electron chi connectivity index (χ4n) is 7.81. The first-order valence-corrected chi connectivity index (χ1v) is 24.1. The molecule has 0 aliphatic carbocycles. The molecule has 8 nitrogen and oxygen atoms in total. The highest BCUT2D eigenvalue weighted by Crippen LogP contribution is 2.34. The summed E-state index contributed by atoms with van der Waals surface area (Å²) in [6, 6.07) is 19.2. The van der Waals surface area contributed by atoms with Gasteiger partial charge >= 0.3 is 0 Å². The van der Waals surface area contributed by atoms with Crippen molar-refractivity contribution in [2.75, 3.05) is 13.1 Å². The van der Waals surface area contributed by atoms with Crippen molar-refractivity contribution in [1.29, 1.82) is 0 Å². The van der Waals surface area contributed by atoms with Gasteiger partial charge < -0.3 is 9.13 Å². The lowest BCUT2D eigenvalue weighted by atomic mass is 10.0. The van der Waals surface area contributed by atoms with Gasteiger partial charge in [-0.25, -0.2) is 0 Å². The minimum Gasteiger partial charge on any atom is -0.306 e. The molecule has 2 aromatic heterocycles. The number of thioether (sulfide) groups is 2. The number of aromatic nitrogens is 2. The number of likely N-dealkylation sites (N-methyl/N-ethyl adjacent to an activating group) is 2. The van der Waals surface area contributed by atoms with Crippen LogP contribution >= 0.6 is 48.0 Å². The number of hydrogen-bond acceptors (Lipinski definition) is 8. The zero-order valence-corrected chi connectivity index (χ0v) is 38.6. The van der Waals surface area contributed by atoms with Gasteiger partial charge in [0.05, 0.1) is 20.8 Å². The first kappa shape index (κ1) is 45.4. The van der Waals surface area contributed by atoms with E-state index in [2.05, 4.69) is 13.8 Å². The summed E-state index contributed by atoms with van der Waals surface area (Å²) in [4.78, 5) is 59.6. The SMILES string of the molecule is CCCCCCCCn1c(=O)c(-c2ccc(/C=C3\SC(=S)N(CC)C3=O)cc2)cc2c1cc(-c1ccc(/C=C3\SC(=S)N(CC)C3=O)cc1)c(=O)n2CCCCCCCC. The molecule has 0 N–H and O–H groups in total. The predicted molar refractivity (Wildman–Crippen MR) is 261 cm³/mol. The number of nitrogens with zero attached hydrogens (tertiary/aromatic N) is 4. The number of rotatable bonds is 20. The van der Waals surface area contributed by atoms with Crippen molar-refractivity contribution in [2.24, 2.45) is 0 Å². The third-order valence-corrected chi connectivity index (χ3v) is 14.0. The molecule has 0 saturated carbocycles. The molecule has 0 bridgehead atoms. The van der Waals surface area contributed by atoms with Crippen LogP contribution in [0.2, 0.25) is 0 Å². The van der Waals surface area contributed by atoms with E-state index in [9.17, 15) is 19.2 Å². The van der Waals surface area contributed by atoms with Crippen molar-refractivity contribution in [2.45, 2.75) is 118 Å². The lowest BCUT2D eigenvalue weighted by Gasteiger charge is -2.19. The van der Waals surface area contributed by atoms with E-state index in [0.29, 0.717) is 55.8 Å². The summed E-state index contributed by atoms with van der Waals surface area (Å²) < 4.78 is 4.89. The Morgan fingerprint density at radius 3 is 1.18 bits per heavy atom. The zero-order chi connectivity index (χ0) is 42.8. The van der Waals surface area contributed by atoms with Gasteiger partial charge in [0.15, 0.2) is 0 Å². The zero-order valence-electron chi connectivity index (χ0n) is 35.3. The van der Waals surface area contributed by atoms with Crippen LogP contribution in [0, 0.1) is 0 Å². The summed E-state index contributed by atoms with van der Waals surface area (Å²) in [6.07, 6.45) is 16.7. The van der Waals surface area contributed by atoms with Gasteiger partial charge in [0.1, 0.15) is 8.64 Å². The van der Waals surface area contributed by atoms with E-state index in [1.165, 1.54) is 62.0 Å². The number of carbonyl (C=O) groups excluding carboxylic acids is 2. The molecule has 0 unspecified atom stereocenters. The van der Waals surface area contributed by atoms with Gasteiger partial charge in [-0.15, -0.1) is 0 Å². The molecule has 6 rings (SSSR count). The number of aryl methyl sites for hydroxylation is 2. The van der Waals surface area contributed by atoms with Crippen LogP contribution in [0.3, 0.4) is 0 Å². The van der Waals surface area contributed by atoms with Crippen LogP contribution in [0.1, 0.15) is 116 Å². The molecule has 0 atom stereocenters. The summed E-state index contributed by atoms with van der Waals surface area (Å²) in [6.45, 7) is 10.4. The highest BCUT2D eigenvalue weighted by molar-refractivity contribution is 8.27. The second kappa shape index (κ2) is 21.6. The Balaban J connectivity index is 1.43. The number of carbonyl (C=O) groups is 2. The average molecular weight is 881 g/mol. The molecule has 2 aliphatic rings. The molecule has 2 fully saturated rings. The Kier molecular flexibility index (Phi) is 16.4. The van der Waals surface area contributed by atoms with Gasteiger partial charge in [-0.1, -0.05) is 175 Å². The Labute approximate surface area is 373 Å². The van der Waals surface area contributed by atoms with Crippen molar-refractivity contribution in [3.05, 3.63) is 102 Å². The minimum atomic E-state index is -0.0944. The fraction of sp³-hybridized carbons (Fsp3) is 0.417. The number of pyridine rings is 2. The van der Waals surface area contributed by atoms with Gasteiger partial charge in [-0.2, -0.15) is 0 Å². The first-order chi connectivity index (χ1) is 29.1. The number of unbranched alkanes of at least 4 members (excludes halogenated alkanes) is 10. The first-order valence-electron chi connectivity index (χ1n) is 21.6. The third-order valence-electron chi connectivity index (χ3n) is 11.2. The summed E-state index contributed by atoms with van der Waals surface area (Å²) in [5, 5.41) is 0. The number of amides is 2. The lowest BCUT2D eigenvalue weighted by molar-refractivity contribution is -0.122. The quantitative estimate of drug-likeness (QED) is 0.0493. The summed E-state index contributed by atoms with van der Waals surface area (Å²) in [5.74, 6) is -0.180. The molecule has 4 heterocycles. The van der Waals surface area contributed by atoms with Crippen LogP contribution < -0.4 is 11.1 Å². The van der Waals surface area contributed by atoms with Crippen LogP contribution in [-0.4, -0.2) is 52.5 Å². The Morgan fingerprint density at radius 1 is 0.500 bits per heavy atom. The van der Waals surface area contributed by atoms with Crippen LogP contribution in [0.4, 0.5) is 0 Å². The highest BCUT2D eigenvalue weighted by atomic mass is 32.2. The van der Waals surface area contributed by atoms with E-state index in [-0.39, 0.29) is 22.9 Å². The molecule has 0 radical (unpaired) electrons. The van der Waals surface area contributed by atoms with Crippen molar-refractivity contribution in [3.8, 4) is 22.3 Å². The number of hydrogen-bond donors (Lipinski definition) is 0. The molecule has 2 aromatic carbocycles. The second-order valence-corrected chi connectivity index (χ2v) is 18.8. The molecule has 4 aromatic rings. The average Bonchev–Trinajstić information content (AvgIpc) is 3.68. The molecule has 316 valence electrons. The molecule has 12 heteroatoms. The molecule has 60 heavy (non-hydrogen) atoms. The second-order valence-electron chi connectivity index (χ2n) is 15.4. The number of thiocarbonyl (C=S) groups is 2. The molecule has 0 spiro atoms. The van der Waals surface area contributed by atoms with Crippen LogP contribution in [0.5, 0.6) is 0 Å². The predicted octanol–water partition coefficient (Wildman–Crippen LogP) is 11.7. The molecule has 2 saturated heterocycles. The number of fused-ring (bicyclic) bond motifs is 1. The minimum absolute atomic E-state index is 0.0899. The van der Waals surface area contributed by atoms with Gasteiger partial charge in [0, 0.05) is 37.3 Å². The van der Waals surface area contributed by atoms with Crippen molar-refractivity contribution in [3.63, 3.8) is 0 Å². The van der Waals surface area contributed by atoms with Crippen molar-refractivity contribution >= 4 is 91.6 Å². The lowest BCUT2D eigenvalue weighted by Crippen LogP contribution is -2.28. The van der Waals surface area contributed by atoms with E-state index in [1.807, 2.05) is 95.8 Å².